The Kier molecular flexibility index (Phi) is 6.65. The predicted octanol–water partition coefficient (Wildman–Crippen LogP) is 1.60. The number of hydrogen-bond donors (Lipinski definition) is 2. The maximum atomic E-state index is 12.3. The summed E-state index contributed by atoms with van der Waals surface area (Å²) in [5, 5.41) is 12.1. The first kappa shape index (κ1) is 19.6. The summed E-state index contributed by atoms with van der Waals surface area (Å²) in [5.74, 6) is 1.71. The summed E-state index contributed by atoms with van der Waals surface area (Å²) in [7, 11) is 0. The van der Waals surface area contributed by atoms with Crippen LogP contribution in [0.1, 0.15) is 47.6 Å². The Labute approximate surface area is 163 Å². The molecule has 0 radical (unpaired) electrons. The minimum atomic E-state index is 0.0276. The van der Waals surface area contributed by atoms with E-state index in [0.29, 0.717) is 13.1 Å². The molecule has 0 saturated heterocycles. The first-order valence-electron chi connectivity index (χ1n) is 9.70. The van der Waals surface area contributed by atoms with Crippen molar-refractivity contribution < 1.29 is 0 Å². The van der Waals surface area contributed by atoms with Crippen LogP contribution >= 0.6 is 11.3 Å². The molecule has 0 fully saturated rings. The molecule has 148 valence electrons. The summed E-state index contributed by atoms with van der Waals surface area (Å²) in [4.78, 5) is 22.7. The fraction of sp³-hybridized carbons (Fsp3) is 0.667. The van der Waals surface area contributed by atoms with Crippen molar-refractivity contribution in [2.75, 3.05) is 13.1 Å². The van der Waals surface area contributed by atoms with E-state index in [9.17, 15) is 4.79 Å². The summed E-state index contributed by atoms with van der Waals surface area (Å²) in [6.07, 6.45) is 3.92. The smallest absolute Gasteiger partial charge is 0.345 e. The van der Waals surface area contributed by atoms with E-state index in [1.165, 1.54) is 4.88 Å². The van der Waals surface area contributed by atoms with E-state index in [0.717, 1.165) is 67.8 Å². The third-order valence-electron chi connectivity index (χ3n) is 4.66. The Bertz CT molecular complexity index is 829. The molecule has 8 nitrogen and oxygen atoms in total. The molecular weight excluding hydrogens is 362 g/mol. The second-order valence-electron chi connectivity index (χ2n) is 6.76. The van der Waals surface area contributed by atoms with Crippen LogP contribution < -0.4 is 16.3 Å². The zero-order valence-corrected chi connectivity index (χ0v) is 17.2. The second kappa shape index (κ2) is 9.16. The van der Waals surface area contributed by atoms with Crippen molar-refractivity contribution >= 4 is 17.3 Å². The lowest BCUT2D eigenvalue weighted by Crippen LogP contribution is -2.38. The molecule has 0 amide bonds. The lowest BCUT2D eigenvalue weighted by molar-refractivity contribution is 0.509. The zero-order chi connectivity index (χ0) is 19.2. The van der Waals surface area contributed by atoms with Gasteiger partial charge in [0.2, 0.25) is 0 Å². The molecule has 0 saturated carbocycles. The Hall–Kier alpha value is -2.16. The minimum absolute atomic E-state index is 0.0276. The van der Waals surface area contributed by atoms with Gasteiger partial charge in [-0.05, 0) is 40.0 Å². The molecule has 2 aromatic heterocycles. The highest BCUT2D eigenvalue weighted by Crippen LogP contribution is 2.16. The van der Waals surface area contributed by atoms with E-state index >= 15 is 0 Å². The Morgan fingerprint density at radius 3 is 2.85 bits per heavy atom. The maximum absolute atomic E-state index is 12.3. The molecule has 0 aliphatic carbocycles. The van der Waals surface area contributed by atoms with Crippen LogP contribution in [0, 0.1) is 13.8 Å². The molecule has 27 heavy (non-hydrogen) atoms. The van der Waals surface area contributed by atoms with Crippen molar-refractivity contribution in [2.45, 2.75) is 66.1 Å². The quantitative estimate of drug-likeness (QED) is 0.425. The SMILES string of the molecule is CCNC(=NCc1nc(C)c(C)s1)NCCCn1nc2n(c1=O)CCCC2. The third kappa shape index (κ3) is 4.97. The zero-order valence-electron chi connectivity index (χ0n) is 16.4. The summed E-state index contributed by atoms with van der Waals surface area (Å²) >= 11 is 1.69. The van der Waals surface area contributed by atoms with Crippen LogP contribution in [0.3, 0.4) is 0 Å². The van der Waals surface area contributed by atoms with Gasteiger partial charge in [0.05, 0.1) is 12.2 Å². The number of nitrogens with one attached hydrogen (secondary N) is 2. The van der Waals surface area contributed by atoms with Gasteiger partial charge < -0.3 is 10.6 Å². The van der Waals surface area contributed by atoms with Crippen molar-refractivity contribution in [2.24, 2.45) is 4.99 Å². The van der Waals surface area contributed by atoms with Gasteiger partial charge >= 0.3 is 5.69 Å². The molecule has 3 heterocycles. The van der Waals surface area contributed by atoms with Gasteiger partial charge in [0, 0.05) is 37.5 Å². The molecule has 0 spiro atoms. The fourth-order valence-electron chi connectivity index (χ4n) is 3.13. The molecule has 0 bridgehead atoms. The molecule has 1 aliphatic rings. The van der Waals surface area contributed by atoms with E-state index < -0.39 is 0 Å². The number of nitrogens with zero attached hydrogens (tertiary/aromatic N) is 5. The van der Waals surface area contributed by atoms with Crippen molar-refractivity contribution in [3.8, 4) is 0 Å². The normalized spacial score (nSPS) is 14.3. The monoisotopic (exact) mass is 391 g/mol. The van der Waals surface area contributed by atoms with E-state index in [1.807, 2.05) is 18.4 Å². The Morgan fingerprint density at radius 1 is 1.30 bits per heavy atom. The largest absolute Gasteiger partial charge is 0.357 e. The average molecular weight is 392 g/mol. The molecule has 2 aromatic rings. The van der Waals surface area contributed by atoms with Crippen LogP contribution in [0.15, 0.2) is 9.79 Å². The molecule has 3 rings (SSSR count). The standard InChI is InChI=1S/C18H29N7OS/c1-4-19-17(21-12-16-22-13(2)14(3)27-16)20-9-7-11-25-18(26)24-10-6-5-8-15(24)23-25/h4-12H2,1-3H3,(H2,19,20,21). The van der Waals surface area contributed by atoms with Gasteiger partial charge in [-0.2, -0.15) is 5.10 Å². The maximum Gasteiger partial charge on any atom is 0.345 e. The van der Waals surface area contributed by atoms with E-state index in [2.05, 4.69) is 32.6 Å². The predicted molar refractivity (Wildman–Crippen MR) is 108 cm³/mol. The first-order valence-corrected chi connectivity index (χ1v) is 10.5. The summed E-state index contributed by atoms with van der Waals surface area (Å²) in [5.41, 5.74) is 1.11. The van der Waals surface area contributed by atoms with Crippen molar-refractivity contribution in [3.63, 3.8) is 0 Å². The number of hydrogen-bond acceptors (Lipinski definition) is 5. The molecular formula is C18H29N7OS. The minimum Gasteiger partial charge on any atom is -0.357 e. The molecule has 9 heteroatoms. The first-order chi connectivity index (χ1) is 13.1. The van der Waals surface area contributed by atoms with Crippen molar-refractivity contribution in [3.05, 3.63) is 31.9 Å². The summed E-state index contributed by atoms with van der Waals surface area (Å²) in [6, 6.07) is 0. The molecule has 0 unspecified atom stereocenters. The number of rotatable bonds is 7. The van der Waals surface area contributed by atoms with Gasteiger partial charge in [-0.1, -0.05) is 0 Å². The van der Waals surface area contributed by atoms with E-state index in [1.54, 1.807) is 16.0 Å². The fourth-order valence-corrected chi connectivity index (χ4v) is 3.98. The van der Waals surface area contributed by atoms with Crippen LogP contribution in [0.2, 0.25) is 0 Å². The number of fused-ring (bicyclic) bond motifs is 1. The van der Waals surface area contributed by atoms with Crippen LogP contribution in [-0.4, -0.2) is 38.4 Å². The third-order valence-corrected chi connectivity index (χ3v) is 5.72. The van der Waals surface area contributed by atoms with E-state index in [-0.39, 0.29) is 5.69 Å². The van der Waals surface area contributed by atoms with Crippen LogP contribution in [-0.2, 0) is 26.1 Å². The number of aryl methyl sites for hydroxylation is 4. The number of aromatic nitrogens is 4. The Morgan fingerprint density at radius 2 is 2.15 bits per heavy atom. The van der Waals surface area contributed by atoms with Crippen LogP contribution in [0.4, 0.5) is 0 Å². The van der Waals surface area contributed by atoms with Crippen LogP contribution in [0.25, 0.3) is 0 Å². The highest BCUT2D eigenvalue weighted by atomic mass is 32.1. The van der Waals surface area contributed by atoms with Gasteiger partial charge in [0.25, 0.3) is 0 Å². The molecule has 0 atom stereocenters. The van der Waals surface area contributed by atoms with Gasteiger partial charge in [-0.15, -0.1) is 11.3 Å². The lowest BCUT2D eigenvalue weighted by atomic mass is 10.2. The molecule has 1 aliphatic heterocycles. The topological polar surface area (TPSA) is 89.1 Å². The number of aliphatic imine (C=N–C) groups is 1. The lowest BCUT2D eigenvalue weighted by Gasteiger charge is -2.10. The van der Waals surface area contributed by atoms with Crippen molar-refractivity contribution in [1.82, 2.24) is 30.0 Å². The second-order valence-corrected chi connectivity index (χ2v) is 8.04. The van der Waals surface area contributed by atoms with Gasteiger partial charge in [-0.3, -0.25) is 4.57 Å². The highest BCUT2D eigenvalue weighted by Gasteiger charge is 2.16. The summed E-state index contributed by atoms with van der Waals surface area (Å²) in [6.45, 7) is 9.68. The highest BCUT2D eigenvalue weighted by molar-refractivity contribution is 7.11. The summed E-state index contributed by atoms with van der Waals surface area (Å²) < 4.78 is 3.42. The van der Waals surface area contributed by atoms with E-state index in [4.69, 9.17) is 0 Å². The molecule has 0 aromatic carbocycles. The van der Waals surface area contributed by atoms with Gasteiger partial charge in [-0.25, -0.2) is 19.5 Å². The van der Waals surface area contributed by atoms with Crippen LogP contribution in [0.5, 0.6) is 0 Å². The molecule has 2 N–H and O–H groups in total. The Balaban J connectivity index is 1.50. The van der Waals surface area contributed by atoms with Crippen molar-refractivity contribution in [1.29, 1.82) is 0 Å². The number of guanidine groups is 1. The van der Waals surface area contributed by atoms with Gasteiger partial charge in [0.15, 0.2) is 5.96 Å². The van der Waals surface area contributed by atoms with Gasteiger partial charge in [0.1, 0.15) is 10.8 Å². The number of thiazole rings is 1. The average Bonchev–Trinajstić information content (AvgIpc) is 3.16.